The number of methoxy groups -OCH3 is 1. The van der Waals surface area contributed by atoms with Gasteiger partial charge in [-0.05, 0) is 6.42 Å². The Bertz CT molecular complexity index is 356. The Morgan fingerprint density at radius 3 is 2.94 bits per heavy atom. The fraction of sp³-hybridized carbons (Fsp3) is 0.636. The summed E-state index contributed by atoms with van der Waals surface area (Å²) in [7, 11) is 1.62. The minimum Gasteiger partial charge on any atom is -0.373 e. The van der Waals surface area contributed by atoms with Crippen molar-refractivity contribution in [1.29, 1.82) is 0 Å². The Morgan fingerprint density at radius 2 is 2.38 bits per heavy atom. The molecule has 0 bridgehead atoms. The summed E-state index contributed by atoms with van der Waals surface area (Å²) >= 11 is 0. The van der Waals surface area contributed by atoms with Gasteiger partial charge >= 0.3 is 0 Å². The van der Waals surface area contributed by atoms with Crippen LogP contribution in [0.5, 0.6) is 0 Å². The molecule has 0 saturated heterocycles. The Hall–Kier alpha value is -1.38. The van der Waals surface area contributed by atoms with E-state index in [1.807, 2.05) is 0 Å². The molecule has 1 heterocycles. The van der Waals surface area contributed by atoms with Crippen molar-refractivity contribution in [3.05, 3.63) is 11.7 Å². The lowest BCUT2D eigenvalue weighted by Crippen LogP contribution is -2.10. The van der Waals surface area contributed by atoms with Gasteiger partial charge in [0.05, 0.1) is 6.04 Å². The van der Waals surface area contributed by atoms with Gasteiger partial charge in [-0.1, -0.05) is 18.5 Å². The van der Waals surface area contributed by atoms with Gasteiger partial charge in [0, 0.05) is 13.5 Å². The highest BCUT2D eigenvalue weighted by Gasteiger charge is 2.19. The molecule has 0 aliphatic heterocycles. The molecular weight excluding hydrogens is 206 g/mol. The van der Waals surface area contributed by atoms with Crippen LogP contribution in [0, 0.1) is 12.3 Å². The highest BCUT2D eigenvalue weighted by molar-refractivity contribution is 4.99. The quantitative estimate of drug-likeness (QED) is 0.741. The van der Waals surface area contributed by atoms with Crippen LogP contribution in [0.25, 0.3) is 0 Å². The summed E-state index contributed by atoms with van der Waals surface area (Å²) in [4.78, 5) is 4.20. The highest BCUT2D eigenvalue weighted by atomic mass is 16.5. The normalized spacial score (nSPS) is 14.4. The van der Waals surface area contributed by atoms with Crippen LogP contribution in [0.3, 0.4) is 0 Å². The van der Waals surface area contributed by atoms with Crippen molar-refractivity contribution < 1.29 is 9.26 Å². The van der Waals surface area contributed by atoms with E-state index >= 15 is 0 Å². The van der Waals surface area contributed by atoms with Gasteiger partial charge in [0.2, 0.25) is 11.7 Å². The second-order valence-corrected chi connectivity index (χ2v) is 3.52. The third kappa shape index (κ3) is 3.05. The summed E-state index contributed by atoms with van der Waals surface area (Å²) in [6, 6.07) is -0.398. The second-order valence-electron chi connectivity index (χ2n) is 3.52. The summed E-state index contributed by atoms with van der Waals surface area (Å²) in [6.07, 6.45) is 7.24. The van der Waals surface area contributed by atoms with Gasteiger partial charge in [-0.3, -0.25) is 0 Å². The van der Waals surface area contributed by atoms with Crippen molar-refractivity contribution >= 4 is 0 Å². The summed E-state index contributed by atoms with van der Waals surface area (Å²) in [5.74, 6) is 3.36. The zero-order chi connectivity index (χ0) is 12.0. The zero-order valence-corrected chi connectivity index (χ0v) is 9.64. The fourth-order valence-electron chi connectivity index (χ4n) is 1.36. The molecule has 0 amide bonds. The van der Waals surface area contributed by atoms with Gasteiger partial charge in [0.1, 0.15) is 6.10 Å². The van der Waals surface area contributed by atoms with Crippen LogP contribution in [0.1, 0.15) is 50.0 Å². The number of nitrogens with zero attached hydrogens (tertiary/aromatic N) is 2. The lowest BCUT2D eigenvalue weighted by Gasteiger charge is -2.08. The van der Waals surface area contributed by atoms with Gasteiger partial charge in [-0.25, -0.2) is 0 Å². The molecule has 0 fully saturated rings. The largest absolute Gasteiger partial charge is 0.373 e. The summed E-state index contributed by atoms with van der Waals surface area (Å²) < 4.78 is 10.3. The zero-order valence-electron chi connectivity index (χ0n) is 9.64. The minimum absolute atomic E-state index is 0.138. The smallest absolute Gasteiger partial charge is 0.244 e. The Balaban J connectivity index is 2.73. The van der Waals surface area contributed by atoms with Crippen LogP contribution >= 0.6 is 0 Å². The van der Waals surface area contributed by atoms with E-state index in [1.54, 1.807) is 7.11 Å². The first-order chi connectivity index (χ1) is 7.72. The first kappa shape index (κ1) is 12.7. The van der Waals surface area contributed by atoms with Gasteiger partial charge < -0.3 is 15.0 Å². The van der Waals surface area contributed by atoms with E-state index in [1.165, 1.54) is 0 Å². The van der Waals surface area contributed by atoms with Crippen LogP contribution in [-0.2, 0) is 4.74 Å². The fourth-order valence-corrected chi connectivity index (χ4v) is 1.36. The van der Waals surface area contributed by atoms with Gasteiger partial charge in [0.25, 0.3) is 0 Å². The Morgan fingerprint density at radius 1 is 1.62 bits per heavy atom. The maximum atomic E-state index is 5.75. The number of rotatable bonds is 6. The SMILES string of the molecule is C#CCC(N)c1nc(C(CCC)OC)no1. The molecule has 0 saturated carbocycles. The van der Waals surface area contributed by atoms with E-state index in [9.17, 15) is 0 Å². The van der Waals surface area contributed by atoms with Crippen molar-refractivity contribution in [3.8, 4) is 12.3 Å². The first-order valence-electron chi connectivity index (χ1n) is 5.28. The summed E-state index contributed by atoms with van der Waals surface area (Å²) in [5, 5.41) is 3.85. The maximum Gasteiger partial charge on any atom is 0.244 e. The maximum absolute atomic E-state index is 5.75. The van der Waals surface area contributed by atoms with E-state index in [0.29, 0.717) is 18.1 Å². The van der Waals surface area contributed by atoms with Crippen LogP contribution in [0.2, 0.25) is 0 Å². The molecule has 0 aromatic carbocycles. The average molecular weight is 223 g/mol. The van der Waals surface area contributed by atoms with E-state index in [2.05, 4.69) is 23.0 Å². The topological polar surface area (TPSA) is 74.2 Å². The van der Waals surface area contributed by atoms with Gasteiger partial charge in [-0.15, -0.1) is 12.3 Å². The molecule has 2 atom stereocenters. The molecular formula is C11H17N3O2. The molecule has 1 rings (SSSR count). The number of hydrogen-bond acceptors (Lipinski definition) is 5. The Kier molecular flexibility index (Phi) is 4.96. The summed E-state index contributed by atoms with van der Waals surface area (Å²) in [6.45, 7) is 2.07. The van der Waals surface area contributed by atoms with Crippen LogP contribution in [-0.4, -0.2) is 17.3 Å². The summed E-state index contributed by atoms with van der Waals surface area (Å²) in [5.41, 5.74) is 5.75. The minimum atomic E-state index is -0.398. The van der Waals surface area contributed by atoms with Gasteiger partial charge in [-0.2, -0.15) is 4.98 Å². The molecule has 5 heteroatoms. The molecule has 5 nitrogen and oxygen atoms in total. The van der Waals surface area contributed by atoms with Crippen molar-refractivity contribution in [2.24, 2.45) is 5.73 Å². The standard InChI is InChI=1S/C11H17N3O2/c1-4-6-8(12)11-13-10(14-16-11)9(15-3)7-5-2/h1,8-9H,5-7,12H2,2-3H3. The number of terminal acetylenes is 1. The van der Waals surface area contributed by atoms with E-state index < -0.39 is 6.04 Å². The molecule has 2 unspecified atom stereocenters. The predicted octanol–water partition coefficient (Wildman–Crippen LogP) is 1.58. The molecule has 16 heavy (non-hydrogen) atoms. The Labute approximate surface area is 95.4 Å². The molecule has 2 N–H and O–H groups in total. The number of hydrogen-bond donors (Lipinski definition) is 1. The van der Waals surface area contributed by atoms with E-state index in [0.717, 1.165) is 12.8 Å². The number of nitrogens with two attached hydrogens (primary N) is 1. The highest BCUT2D eigenvalue weighted by Crippen LogP contribution is 2.20. The molecule has 1 aromatic heterocycles. The van der Waals surface area contributed by atoms with Crippen LogP contribution < -0.4 is 5.73 Å². The lowest BCUT2D eigenvalue weighted by molar-refractivity contribution is 0.0854. The van der Waals surface area contributed by atoms with Crippen molar-refractivity contribution in [2.45, 2.75) is 38.3 Å². The van der Waals surface area contributed by atoms with E-state index in [-0.39, 0.29) is 6.10 Å². The van der Waals surface area contributed by atoms with Crippen LogP contribution in [0.4, 0.5) is 0 Å². The second kappa shape index (κ2) is 6.26. The van der Waals surface area contributed by atoms with Crippen molar-refractivity contribution in [2.75, 3.05) is 7.11 Å². The molecule has 0 spiro atoms. The molecule has 0 aliphatic carbocycles. The molecule has 1 aromatic rings. The average Bonchev–Trinajstić information content (AvgIpc) is 2.75. The van der Waals surface area contributed by atoms with Crippen molar-refractivity contribution in [1.82, 2.24) is 10.1 Å². The van der Waals surface area contributed by atoms with Gasteiger partial charge in [0.15, 0.2) is 0 Å². The predicted molar refractivity (Wildman–Crippen MR) is 59.3 cm³/mol. The lowest BCUT2D eigenvalue weighted by atomic mass is 10.2. The third-order valence-corrected chi connectivity index (χ3v) is 2.24. The number of aromatic nitrogens is 2. The van der Waals surface area contributed by atoms with E-state index in [4.69, 9.17) is 21.4 Å². The first-order valence-corrected chi connectivity index (χ1v) is 5.28. The molecule has 0 radical (unpaired) electrons. The third-order valence-electron chi connectivity index (χ3n) is 2.24. The van der Waals surface area contributed by atoms with Crippen molar-refractivity contribution in [3.63, 3.8) is 0 Å². The number of ether oxygens (including phenoxy) is 1. The monoisotopic (exact) mass is 223 g/mol. The molecule has 0 aliphatic rings. The van der Waals surface area contributed by atoms with Crippen LogP contribution in [0.15, 0.2) is 4.52 Å². The molecule has 88 valence electrons.